The molecule has 1 unspecified atom stereocenters. The first-order valence-electron chi connectivity index (χ1n) is 10.7. The molecule has 1 atom stereocenters. The zero-order valence-corrected chi connectivity index (χ0v) is 17.6. The van der Waals surface area contributed by atoms with Gasteiger partial charge in [-0.3, -0.25) is 9.59 Å². The van der Waals surface area contributed by atoms with Crippen molar-refractivity contribution in [3.8, 4) is 11.1 Å². The Hall–Kier alpha value is -3.39. The van der Waals surface area contributed by atoms with Gasteiger partial charge < -0.3 is 25.2 Å². The zero-order chi connectivity index (χ0) is 22.6. The molecule has 8 nitrogen and oxygen atoms in total. The van der Waals surface area contributed by atoms with Gasteiger partial charge in [0, 0.05) is 19.1 Å². The van der Waals surface area contributed by atoms with E-state index in [0.29, 0.717) is 19.4 Å². The molecular formula is C24H26N2O6. The molecule has 2 aliphatic rings. The number of hydrogen-bond acceptors (Lipinski definition) is 5. The number of aliphatic carboxylic acids is 1. The Balaban J connectivity index is 1.27. The largest absolute Gasteiger partial charge is 0.481 e. The van der Waals surface area contributed by atoms with Crippen LogP contribution in [0.2, 0.25) is 0 Å². The molecule has 1 aliphatic heterocycles. The molecule has 2 aromatic carbocycles. The first-order chi connectivity index (χ1) is 15.5. The lowest BCUT2D eigenvalue weighted by Crippen LogP contribution is -2.49. The number of benzene rings is 2. The number of nitrogens with one attached hydrogen (secondary N) is 2. The highest BCUT2D eigenvalue weighted by Gasteiger charge is 2.41. The van der Waals surface area contributed by atoms with Crippen molar-refractivity contribution in [1.29, 1.82) is 0 Å². The van der Waals surface area contributed by atoms with Gasteiger partial charge in [0.05, 0.1) is 13.2 Å². The lowest BCUT2D eigenvalue weighted by atomic mass is 9.82. The first kappa shape index (κ1) is 21.8. The fraction of sp³-hybridized carbons (Fsp3) is 0.375. The van der Waals surface area contributed by atoms with Crippen molar-refractivity contribution in [3.05, 3.63) is 59.7 Å². The van der Waals surface area contributed by atoms with Crippen LogP contribution in [0.25, 0.3) is 11.1 Å². The second-order valence-electron chi connectivity index (χ2n) is 8.20. The van der Waals surface area contributed by atoms with Crippen LogP contribution in [0.3, 0.4) is 0 Å². The highest BCUT2D eigenvalue weighted by molar-refractivity contribution is 5.83. The quantitative estimate of drug-likeness (QED) is 0.612. The minimum absolute atomic E-state index is 0.0481. The van der Waals surface area contributed by atoms with Gasteiger partial charge in [0.15, 0.2) is 0 Å². The Morgan fingerprint density at radius 2 is 1.69 bits per heavy atom. The molecule has 0 spiro atoms. The number of carboxylic acids is 1. The number of ether oxygens (including phenoxy) is 2. The topological polar surface area (TPSA) is 114 Å². The highest BCUT2D eigenvalue weighted by Crippen LogP contribution is 2.44. The van der Waals surface area contributed by atoms with Crippen molar-refractivity contribution < 1.29 is 29.0 Å². The van der Waals surface area contributed by atoms with Gasteiger partial charge in [0.25, 0.3) is 0 Å². The summed E-state index contributed by atoms with van der Waals surface area (Å²) in [7, 11) is 0. The maximum atomic E-state index is 12.2. The van der Waals surface area contributed by atoms with Crippen LogP contribution >= 0.6 is 0 Å². The number of amides is 2. The SMILES string of the molecule is O=C(CNC(=O)OCC1c2ccccc2-c2ccccc21)NCC1(C(=O)O)CCCOC1. The molecule has 168 valence electrons. The van der Waals surface area contributed by atoms with Gasteiger partial charge >= 0.3 is 12.1 Å². The van der Waals surface area contributed by atoms with Gasteiger partial charge in [-0.25, -0.2) is 4.79 Å². The molecule has 1 saturated heterocycles. The predicted molar refractivity (Wildman–Crippen MR) is 116 cm³/mol. The average molecular weight is 438 g/mol. The molecule has 4 rings (SSSR count). The molecule has 1 aliphatic carbocycles. The lowest BCUT2D eigenvalue weighted by molar-refractivity contribution is -0.157. The third-order valence-electron chi connectivity index (χ3n) is 6.14. The minimum atomic E-state index is -1.13. The van der Waals surface area contributed by atoms with E-state index in [9.17, 15) is 19.5 Å². The van der Waals surface area contributed by atoms with Crippen molar-refractivity contribution in [2.75, 3.05) is 32.9 Å². The fourth-order valence-corrected chi connectivity index (χ4v) is 4.37. The molecule has 3 N–H and O–H groups in total. The summed E-state index contributed by atoms with van der Waals surface area (Å²) in [5.41, 5.74) is 3.35. The van der Waals surface area contributed by atoms with Gasteiger partial charge in [-0.15, -0.1) is 0 Å². The summed E-state index contributed by atoms with van der Waals surface area (Å²) in [6.45, 7) is 0.385. The molecular weight excluding hydrogens is 412 g/mol. The van der Waals surface area contributed by atoms with Crippen LogP contribution in [-0.4, -0.2) is 56.0 Å². The van der Waals surface area contributed by atoms with Gasteiger partial charge in [-0.1, -0.05) is 48.5 Å². The molecule has 2 aromatic rings. The summed E-state index contributed by atoms with van der Waals surface area (Å²) < 4.78 is 10.7. The van der Waals surface area contributed by atoms with Crippen LogP contribution < -0.4 is 10.6 Å². The molecule has 0 saturated carbocycles. The van der Waals surface area contributed by atoms with Crippen LogP contribution in [0.1, 0.15) is 29.9 Å². The van der Waals surface area contributed by atoms with Crippen molar-refractivity contribution in [1.82, 2.24) is 10.6 Å². The van der Waals surface area contributed by atoms with E-state index in [-0.39, 0.29) is 32.2 Å². The summed E-state index contributed by atoms with van der Waals surface area (Å²) in [6, 6.07) is 16.1. The number of carbonyl (C=O) groups is 3. The van der Waals surface area contributed by atoms with Gasteiger partial charge in [0.1, 0.15) is 12.0 Å². The monoisotopic (exact) mass is 438 g/mol. The Kier molecular flexibility index (Phi) is 6.41. The summed E-state index contributed by atoms with van der Waals surface area (Å²) in [5, 5.41) is 14.5. The molecule has 0 bridgehead atoms. The van der Waals surface area contributed by atoms with E-state index in [4.69, 9.17) is 9.47 Å². The fourth-order valence-electron chi connectivity index (χ4n) is 4.37. The van der Waals surface area contributed by atoms with Crippen molar-refractivity contribution in [2.45, 2.75) is 18.8 Å². The van der Waals surface area contributed by atoms with E-state index >= 15 is 0 Å². The molecule has 1 fully saturated rings. The normalized spacial score (nSPS) is 19.5. The van der Waals surface area contributed by atoms with Crippen LogP contribution in [0.15, 0.2) is 48.5 Å². The average Bonchev–Trinajstić information content (AvgIpc) is 3.14. The van der Waals surface area contributed by atoms with E-state index in [2.05, 4.69) is 22.8 Å². The highest BCUT2D eigenvalue weighted by atomic mass is 16.5. The maximum absolute atomic E-state index is 12.2. The molecule has 1 heterocycles. The van der Waals surface area contributed by atoms with E-state index < -0.39 is 23.4 Å². The molecule has 8 heteroatoms. The summed E-state index contributed by atoms with van der Waals surface area (Å²) in [5.74, 6) is -1.55. The van der Waals surface area contributed by atoms with E-state index in [1.54, 1.807) is 0 Å². The standard InChI is InChI=1S/C24H26N2O6/c27-21(26-14-24(22(28)29)10-5-11-31-15-24)12-25-23(30)32-13-20-18-8-3-1-6-16(18)17-7-2-4-9-19(17)20/h1-4,6-9,20H,5,10-15H2,(H,25,30)(H,26,27)(H,28,29). The Labute approximate surface area is 185 Å². The Morgan fingerprint density at radius 1 is 1.03 bits per heavy atom. The van der Waals surface area contributed by atoms with Crippen molar-refractivity contribution in [3.63, 3.8) is 0 Å². The van der Waals surface area contributed by atoms with E-state index in [0.717, 1.165) is 22.3 Å². The number of alkyl carbamates (subject to hydrolysis) is 1. The second kappa shape index (κ2) is 9.40. The third kappa shape index (κ3) is 4.45. The minimum Gasteiger partial charge on any atom is -0.481 e. The van der Waals surface area contributed by atoms with Crippen molar-refractivity contribution in [2.24, 2.45) is 5.41 Å². The molecule has 0 radical (unpaired) electrons. The van der Waals surface area contributed by atoms with E-state index in [1.807, 2.05) is 36.4 Å². The number of carboxylic acid groups (broad SMARTS) is 1. The first-order valence-corrected chi connectivity index (χ1v) is 10.7. The maximum Gasteiger partial charge on any atom is 0.407 e. The number of carbonyl (C=O) groups excluding carboxylic acids is 2. The summed E-state index contributed by atoms with van der Waals surface area (Å²) >= 11 is 0. The molecule has 2 amide bonds. The number of hydrogen-bond donors (Lipinski definition) is 3. The van der Waals surface area contributed by atoms with E-state index in [1.165, 1.54) is 0 Å². The number of fused-ring (bicyclic) bond motifs is 3. The van der Waals surface area contributed by atoms with Gasteiger partial charge in [0.2, 0.25) is 5.91 Å². The lowest BCUT2D eigenvalue weighted by Gasteiger charge is -2.32. The Bertz CT molecular complexity index is 970. The van der Waals surface area contributed by atoms with Gasteiger partial charge in [-0.05, 0) is 35.1 Å². The smallest absolute Gasteiger partial charge is 0.407 e. The van der Waals surface area contributed by atoms with Crippen molar-refractivity contribution >= 4 is 18.0 Å². The number of rotatable bonds is 7. The van der Waals surface area contributed by atoms with Crippen LogP contribution in [0, 0.1) is 5.41 Å². The summed E-state index contributed by atoms with van der Waals surface area (Å²) in [4.78, 5) is 35.9. The van der Waals surface area contributed by atoms with Crippen LogP contribution in [0.5, 0.6) is 0 Å². The predicted octanol–water partition coefficient (Wildman–Crippen LogP) is 2.52. The van der Waals surface area contributed by atoms with Gasteiger partial charge in [-0.2, -0.15) is 0 Å². The molecule has 0 aromatic heterocycles. The Morgan fingerprint density at radius 3 is 2.28 bits per heavy atom. The van der Waals surface area contributed by atoms with Crippen LogP contribution in [0.4, 0.5) is 4.79 Å². The molecule has 32 heavy (non-hydrogen) atoms. The third-order valence-corrected chi connectivity index (χ3v) is 6.14. The van der Waals surface area contributed by atoms with Crippen LogP contribution in [-0.2, 0) is 19.1 Å². The second-order valence-corrected chi connectivity index (χ2v) is 8.20. The summed E-state index contributed by atoms with van der Waals surface area (Å²) in [6.07, 6.45) is 0.360. The zero-order valence-electron chi connectivity index (χ0n) is 17.6.